The lowest BCUT2D eigenvalue weighted by Crippen LogP contribution is -2.44. The van der Waals surface area contributed by atoms with Crippen molar-refractivity contribution in [2.45, 2.75) is 24.9 Å². The first kappa shape index (κ1) is 20.1. The average Bonchev–Trinajstić information content (AvgIpc) is 2.49. The zero-order chi connectivity index (χ0) is 18.2. The lowest BCUT2D eigenvalue weighted by molar-refractivity contribution is -0.134. The molecule has 24 heavy (non-hydrogen) atoms. The van der Waals surface area contributed by atoms with E-state index in [0.717, 1.165) is 31.6 Å². The molecule has 1 aromatic heterocycles. The van der Waals surface area contributed by atoms with E-state index in [1.165, 1.54) is 0 Å². The summed E-state index contributed by atoms with van der Waals surface area (Å²) in [5, 5.41) is 26.5. The number of aliphatic carboxylic acids is 2. The van der Waals surface area contributed by atoms with Crippen LogP contribution in [-0.2, 0) is 16.0 Å². The van der Waals surface area contributed by atoms with E-state index in [1.807, 2.05) is 12.1 Å². The second-order valence-corrected chi connectivity index (χ2v) is 6.05. The summed E-state index contributed by atoms with van der Waals surface area (Å²) in [6.45, 7) is 1.88. The molecule has 0 atom stereocenters. The van der Waals surface area contributed by atoms with Crippen LogP contribution in [0.2, 0.25) is 5.15 Å². The summed E-state index contributed by atoms with van der Waals surface area (Å²) in [6, 6.07) is 5.55. The van der Waals surface area contributed by atoms with E-state index in [4.69, 9.17) is 21.8 Å². The molecule has 0 aliphatic carbocycles. The Hall–Kier alpha value is -1.96. The fourth-order valence-corrected chi connectivity index (χ4v) is 2.42. The average molecular weight is 357 g/mol. The number of carboxylic acids is 2. The predicted octanol–water partition coefficient (Wildman–Crippen LogP) is 1.45. The minimum atomic E-state index is -1.26. The van der Waals surface area contributed by atoms with Crippen molar-refractivity contribution in [3.05, 3.63) is 41.2 Å². The summed E-state index contributed by atoms with van der Waals surface area (Å²) in [6.07, 6.45) is 3.32. The van der Waals surface area contributed by atoms with Gasteiger partial charge in [0.2, 0.25) is 0 Å². The highest BCUT2D eigenvalue weighted by molar-refractivity contribution is 6.29. The number of likely N-dealkylation sites (tertiary alicyclic amines) is 1. The number of aromatic nitrogens is 1. The molecule has 2 heterocycles. The molecule has 0 radical (unpaired) electrons. The van der Waals surface area contributed by atoms with Crippen LogP contribution >= 0.6 is 11.6 Å². The maximum atomic E-state index is 10.4. The lowest BCUT2D eigenvalue weighted by atomic mass is 9.87. The Balaban J connectivity index is 0.000000307. The molecule has 1 aliphatic heterocycles. The Bertz CT molecular complexity index is 582. The van der Waals surface area contributed by atoms with Gasteiger partial charge in [-0.3, -0.25) is 0 Å². The Morgan fingerprint density at radius 2 is 1.79 bits per heavy atom. The van der Waals surface area contributed by atoms with Crippen LogP contribution in [0.3, 0.4) is 0 Å². The maximum absolute atomic E-state index is 10.4. The van der Waals surface area contributed by atoms with Gasteiger partial charge in [-0.2, -0.15) is 0 Å². The molecule has 7 nitrogen and oxygen atoms in total. The van der Waals surface area contributed by atoms with Gasteiger partial charge in [0.05, 0.1) is 5.60 Å². The van der Waals surface area contributed by atoms with Crippen LogP contribution in [0, 0.1) is 0 Å². The number of pyridine rings is 1. The second-order valence-electron chi connectivity index (χ2n) is 5.67. The minimum absolute atomic E-state index is 0.494. The molecule has 1 aliphatic rings. The lowest BCUT2D eigenvalue weighted by Gasteiger charge is -2.36. The molecular formula is C16H21ClN2O5. The molecule has 0 bridgehead atoms. The van der Waals surface area contributed by atoms with Gasteiger partial charge in [0.1, 0.15) is 5.15 Å². The van der Waals surface area contributed by atoms with Gasteiger partial charge in [-0.25, -0.2) is 14.6 Å². The van der Waals surface area contributed by atoms with Crippen LogP contribution in [0.25, 0.3) is 0 Å². The number of carboxylic acid groups (broad SMARTS) is 2. The first-order chi connectivity index (χ1) is 11.2. The second kappa shape index (κ2) is 9.36. The monoisotopic (exact) mass is 356 g/mol. The van der Waals surface area contributed by atoms with Crippen LogP contribution in [0.5, 0.6) is 0 Å². The highest BCUT2D eigenvalue weighted by atomic mass is 35.5. The molecule has 2 rings (SSSR count). The number of aliphatic hydroxyl groups is 1. The quantitative estimate of drug-likeness (QED) is 0.553. The SMILES string of the molecule is CN1CCC(O)(Cc2cccc(Cl)n2)CC1.O=C(O)/C=C\C(=O)O. The Morgan fingerprint density at radius 3 is 2.25 bits per heavy atom. The van der Waals surface area contributed by atoms with Gasteiger partial charge in [0.15, 0.2) is 0 Å². The van der Waals surface area contributed by atoms with Gasteiger partial charge in [-0.1, -0.05) is 17.7 Å². The van der Waals surface area contributed by atoms with Crippen LogP contribution in [0.15, 0.2) is 30.4 Å². The van der Waals surface area contributed by atoms with Gasteiger partial charge < -0.3 is 20.2 Å². The fraction of sp³-hybridized carbons (Fsp3) is 0.438. The molecule has 0 amide bonds. The summed E-state index contributed by atoms with van der Waals surface area (Å²) < 4.78 is 0. The number of carbonyl (C=O) groups is 2. The predicted molar refractivity (Wildman–Crippen MR) is 89.0 cm³/mol. The molecule has 1 fully saturated rings. The number of nitrogens with zero attached hydrogens (tertiary/aromatic N) is 2. The molecule has 1 saturated heterocycles. The third kappa shape index (κ3) is 8.05. The zero-order valence-electron chi connectivity index (χ0n) is 13.4. The normalized spacial score (nSPS) is 17.1. The van der Waals surface area contributed by atoms with E-state index in [-0.39, 0.29) is 0 Å². The van der Waals surface area contributed by atoms with Crippen molar-refractivity contribution >= 4 is 23.5 Å². The number of rotatable bonds is 4. The highest BCUT2D eigenvalue weighted by Crippen LogP contribution is 2.25. The van der Waals surface area contributed by atoms with Crippen molar-refractivity contribution in [2.75, 3.05) is 20.1 Å². The van der Waals surface area contributed by atoms with E-state index in [1.54, 1.807) is 6.07 Å². The first-order valence-corrected chi connectivity index (χ1v) is 7.74. The smallest absolute Gasteiger partial charge is 0.328 e. The molecule has 0 saturated carbocycles. The zero-order valence-corrected chi connectivity index (χ0v) is 14.1. The molecule has 3 N–H and O–H groups in total. The molecular weight excluding hydrogens is 336 g/mol. The number of halogens is 1. The van der Waals surface area contributed by atoms with E-state index >= 15 is 0 Å². The fourth-order valence-electron chi connectivity index (χ4n) is 2.24. The summed E-state index contributed by atoms with van der Waals surface area (Å²) in [5.74, 6) is -2.51. The molecule has 0 aromatic carbocycles. The van der Waals surface area contributed by atoms with Crippen LogP contribution in [-0.4, -0.2) is 62.9 Å². The van der Waals surface area contributed by atoms with E-state index in [2.05, 4.69) is 16.9 Å². The van der Waals surface area contributed by atoms with E-state index < -0.39 is 17.5 Å². The van der Waals surface area contributed by atoms with Gasteiger partial charge >= 0.3 is 11.9 Å². The summed E-state index contributed by atoms with van der Waals surface area (Å²) >= 11 is 5.83. The Kier molecular flexibility index (Phi) is 7.84. The third-order valence-electron chi connectivity index (χ3n) is 3.57. The van der Waals surface area contributed by atoms with Crippen molar-refractivity contribution in [1.82, 2.24) is 9.88 Å². The highest BCUT2D eigenvalue weighted by Gasteiger charge is 2.31. The summed E-state index contributed by atoms with van der Waals surface area (Å²) in [4.78, 5) is 25.6. The standard InChI is InChI=1S/C12H17ClN2O.C4H4O4/c1-15-7-5-12(16,6-8-15)9-10-3-2-4-11(13)14-10;5-3(6)1-2-4(7)8/h2-4,16H,5-9H2,1H3;1-2H,(H,5,6)(H,7,8)/b;2-1-. The van der Waals surface area contributed by atoms with Crippen LogP contribution in [0.4, 0.5) is 0 Å². The summed E-state index contributed by atoms with van der Waals surface area (Å²) in [7, 11) is 2.08. The van der Waals surface area contributed by atoms with Gasteiger partial charge in [0.25, 0.3) is 0 Å². The minimum Gasteiger partial charge on any atom is -0.478 e. The third-order valence-corrected chi connectivity index (χ3v) is 3.78. The van der Waals surface area contributed by atoms with Crippen molar-refractivity contribution in [3.63, 3.8) is 0 Å². The van der Waals surface area contributed by atoms with E-state index in [0.29, 0.717) is 23.7 Å². The van der Waals surface area contributed by atoms with Crippen LogP contribution in [0.1, 0.15) is 18.5 Å². The molecule has 0 unspecified atom stereocenters. The topological polar surface area (TPSA) is 111 Å². The number of piperidine rings is 1. The van der Waals surface area contributed by atoms with Crippen molar-refractivity contribution in [3.8, 4) is 0 Å². The Morgan fingerprint density at radius 1 is 1.25 bits per heavy atom. The first-order valence-electron chi connectivity index (χ1n) is 7.36. The molecule has 1 aromatic rings. The maximum Gasteiger partial charge on any atom is 0.328 e. The molecule has 8 heteroatoms. The van der Waals surface area contributed by atoms with Crippen LogP contribution < -0.4 is 0 Å². The van der Waals surface area contributed by atoms with Crippen molar-refractivity contribution in [2.24, 2.45) is 0 Å². The Labute approximate surface area is 145 Å². The number of hydrogen-bond acceptors (Lipinski definition) is 5. The summed E-state index contributed by atoms with van der Waals surface area (Å²) in [5.41, 5.74) is 0.268. The van der Waals surface area contributed by atoms with Crippen molar-refractivity contribution < 1.29 is 24.9 Å². The largest absolute Gasteiger partial charge is 0.478 e. The van der Waals surface area contributed by atoms with Gasteiger partial charge in [0, 0.05) is 37.4 Å². The van der Waals surface area contributed by atoms with E-state index in [9.17, 15) is 14.7 Å². The molecule has 0 spiro atoms. The van der Waals surface area contributed by atoms with Crippen molar-refractivity contribution in [1.29, 1.82) is 0 Å². The number of hydrogen-bond donors (Lipinski definition) is 3. The van der Waals surface area contributed by atoms with Gasteiger partial charge in [-0.15, -0.1) is 0 Å². The van der Waals surface area contributed by atoms with Gasteiger partial charge in [-0.05, 0) is 32.0 Å². The molecule has 132 valence electrons.